The lowest BCUT2D eigenvalue weighted by Crippen LogP contribution is -2.29. The van der Waals surface area contributed by atoms with Gasteiger partial charge in [0.25, 0.3) is 5.91 Å². The molecule has 120 valence electrons. The van der Waals surface area contributed by atoms with Gasteiger partial charge in [-0.05, 0) is 35.4 Å². The van der Waals surface area contributed by atoms with Crippen molar-refractivity contribution in [2.75, 3.05) is 6.54 Å². The summed E-state index contributed by atoms with van der Waals surface area (Å²) in [6.45, 7) is -0.487. The molecule has 0 aromatic heterocycles. The van der Waals surface area contributed by atoms with Crippen molar-refractivity contribution in [3.63, 3.8) is 0 Å². The van der Waals surface area contributed by atoms with E-state index in [9.17, 15) is 22.8 Å². The van der Waals surface area contributed by atoms with Crippen LogP contribution in [0.15, 0.2) is 48.5 Å². The van der Waals surface area contributed by atoms with Crippen molar-refractivity contribution in [2.24, 2.45) is 0 Å². The van der Waals surface area contributed by atoms with Crippen molar-refractivity contribution in [3.8, 4) is 11.1 Å². The Hall–Kier alpha value is -2.83. The highest BCUT2D eigenvalue weighted by Gasteiger charge is 2.29. The van der Waals surface area contributed by atoms with E-state index in [1.165, 1.54) is 24.3 Å². The van der Waals surface area contributed by atoms with E-state index in [-0.39, 0.29) is 5.56 Å². The van der Waals surface area contributed by atoms with Crippen molar-refractivity contribution in [2.45, 2.75) is 6.18 Å². The molecule has 0 fully saturated rings. The molecule has 0 bridgehead atoms. The molecular weight excluding hydrogens is 311 g/mol. The SMILES string of the molecule is O=C(O)CNC(=O)c1ccc(-c2ccc(C(F)(F)F)cc2)cc1. The Bertz CT molecular complexity index is 707. The number of carboxylic acid groups (broad SMARTS) is 1. The van der Waals surface area contributed by atoms with E-state index in [2.05, 4.69) is 5.32 Å². The first-order chi connectivity index (χ1) is 10.8. The number of carboxylic acids is 1. The van der Waals surface area contributed by atoms with Crippen LogP contribution in [0.3, 0.4) is 0 Å². The zero-order valence-corrected chi connectivity index (χ0v) is 11.7. The molecule has 0 spiro atoms. The van der Waals surface area contributed by atoms with E-state index in [1.54, 1.807) is 12.1 Å². The number of hydrogen-bond donors (Lipinski definition) is 2. The number of amides is 1. The fraction of sp³-hybridized carbons (Fsp3) is 0.125. The molecule has 0 aliphatic carbocycles. The first-order valence-electron chi connectivity index (χ1n) is 6.55. The zero-order valence-electron chi connectivity index (χ0n) is 11.7. The molecule has 0 aliphatic heterocycles. The smallest absolute Gasteiger partial charge is 0.416 e. The lowest BCUT2D eigenvalue weighted by atomic mass is 10.0. The Kier molecular flexibility index (Phi) is 4.68. The lowest BCUT2D eigenvalue weighted by molar-refractivity contribution is -0.137. The Morgan fingerprint density at radius 3 is 1.83 bits per heavy atom. The molecule has 2 rings (SSSR count). The van der Waals surface area contributed by atoms with Gasteiger partial charge in [0.1, 0.15) is 6.54 Å². The fourth-order valence-electron chi connectivity index (χ4n) is 1.92. The Morgan fingerprint density at radius 1 is 0.913 bits per heavy atom. The van der Waals surface area contributed by atoms with Gasteiger partial charge in [0.05, 0.1) is 5.56 Å². The van der Waals surface area contributed by atoms with Crippen molar-refractivity contribution >= 4 is 11.9 Å². The molecule has 2 aromatic carbocycles. The lowest BCUT2D eigenvalue weighted by Gasteiger charge is -2.08. The van der Waals surface area contributed by atoms with Crippen LogP contribution in [0.25, 0.3) is 11.1 Å². The molecule has 0 saturated heterocycles. The molecule has 0 unspecified atom stereocenters. The van der Waals surface area contributed by atoms with Gasteiger partial charge in [-0.3, -0.25) is 9.59 Å². The third kappa shape index (κ3) is 4.32. The Morgan fingerprint density at radius 2 is 1.39 bits per heavy atom. The molecule has 0 radical (unpaired) electrons. The highest BCUT2D eigenvalue weighted by molar-refractivity contribution is 5.96. The number of aliphatic carboxylic acids is 1. The largest absolute Gasteiger partial charge is 0.480 e. The molecule has 23 heavy (non-hydrogen) atoms. The number of benzene rings is 2. The van der Waals surface area contributed by atoms with Crippen LogP contribution in [0.4, 0.5) is 13.2 Å². The molecule has 2 aromatic rings. The van der Waals surface area contributed by atoms with Gasteiger partial charge in [-0.2, -0.15) is 13.2 Å². The number of halogens is 3. The summed E-state index contributed by atoms with van der Waals surface area (Å²) in [7, 11) is 0. The predicted molar refractivity (Wildman–Crippen MR) is 76.8 cm³/mol. The minimum atomic E-state index is -4.38. The average molecular weight is 323 g/mol. The number of rotatable bonds is 4. The molecule has 0 atom stereocenters. The van der Waals surface area contributed by atoms with Crippen molar-refractivity contribution < 1.29 is 27.9 Å². The third-order valence-electron chi connectivity index (χ3n) is 3.09. The van der Waals surface area contributed by atoms with Gasteiger partial charge in [0, 0.05) is 5.56 Å². The summed E-state index contributed by atoms with van der Waals surface area (Å²) >= 11 is 0. The quantitative estimate of drug-likeness (QED) is 0.908. The summed E-state index contributed by atoms with van der Waals surface area (Å²) in [6, 6.07) is 10.8. The maximum Gasteiger partial charge on any atom is 0.416 e. The van der Waals surface area contributed by atoms with Gasteiger partial charge >= 0.3 is 12.1 Å². The standard InChI is InChI=1S/C16H12F3NO3/c17-16(18,19)13-7-5-11(6-8-13)10-1-3-12(4-2-10)15(23)20-9-14(21)22/h1-8H,9H2,(H,20,23)(H,21,22). The summed E-state index contributed by atoms with van der Waals surface area (Å²) in [5.41, 5.74) is 0.761. The summed E-state index contributed by atoms with van der Waals surface area (Å²) in [5, 5.41) is 10.7. The van der Waals surface area contributed by atoms with E-state index in [1.807, 2.05) is 0 Å². The zero-order chi connectivity index (χ0) is 17.0. The maximum absolute atomic E-state index is 12.5. The first-order valence-corrected chi connectivity index (χ1v) is 6.55. The van der Waals surface area contributed by atoms with E-state index in [0.29, 0.717) is 11.1 Å². The molecule has 2 N–H and O–H groups in total. The van der Waals surface area contributed by atoms with Gasteiger partial charge < -0.3 is 10.4 Å². The Labute approximate surface area is 129 Å². The second-order valence-electron chi connectivity index (χ2n) is 4.73. The van der Waals surface area contributed by atoms with Crippen molar-refractivity contribution in [3.05, 3.63) is 59.7 Å². The molecule has 0 aliphatic rings. The minimum Gasteiger partial charge on any atom is -0.480 e. The van der Waals surface area contributed by atoms with E-state index in [0.717, 1.165) is 12.1 Å². The predicted octanol–water partition coefficient (Wildman–Crippen LogP) is 3.19. The van der Waals surface area contributed by atoms with E-state index in [4.69, 9.17) is 5.11 Å². The molecular formula is C16H12F3NO3. The number of carbonyl (C=O) groups excluding carboxylic acids is 1. The molecule has 1 amide bonds. The second kappa shape index (κ2) is 6.51. The summed E-state index contributed by atoms with van der Waals surface area (Å²) in [5.74, 6) is -1.69. The van der Waals surface area contributed by atoms with Crippen LogP contribution >= 0.6 is 0 Å². The van der Waals surface area contributed by atoms with Crippen LogP contribution < -0.4 is 5.32 Å². The number of carbonyl (C=O) groups is 2. The van der Waals surface area contributed by atoms with Gasteiger partial charge in [0.15, 0.2) is 0 Å². The third-order valence-corrected chi connectivity index (χ3v) is 3.09. The van der Waals surface area contributed by atoms with E-state index >= 15 is 0 Å². The Balaban J connectivity index is 2.13. The molecule has 0 heterocycles. The monoisotopic (exact) mass is 323 g/mol. The van der Waals surface area contributed by atoms with Crippen LogP contribution in [0.1, 0.15) is 15.9 Å². The number of nitrogens with one attached hydrogen (secondary N) is 1. The minimum absolute atomic E-state index is 0.266. The van der Waals surface area contributed by atoms with E-state index < -0.39 is 30.2 Å². The fourth-order valence-corrected chi connectivity index (χ4v) is 1.92. The second-order valence-corrected chi connectivity index (χ2v) is 4.73. The normalized spacial score (nSPS) is 11.1. The van der Waals surface area contributed by atoms with Crippen LogP contribution in [0.5, 0.6) is 0 Å². The average Bonchev–Trinajstić information content (AvgIpc) is 2.52. The summed E-state index contributed by atoms with van der Waals surface area (Å²) < 4.78 is 37.5. The first kappa shape index (κ1) is 16.5. The topological polar surface area (TPSA) is 66.4 Å². The number of hydrogen-bond acceptors (Lipinski definition) is 2. The van der Waals surface area contributed by atoms with Gasteiger partial charge in [-0.25, -0.2) is 0 Å². The van der Waals surface area contributed by atoms with Gasteiger partial charge in [-0.15, -0.1) is 0 Å². The van der Waals surface area contributed by atoms with Crippen LogP contribution in [-0.4, -0.2) is 23.5 Å². The van der Waals surface area contributed by atoms with Crippen LogP contribution in [0.2, 0.25) is 0 Å². The van der Waals surface area contributed by atoms with Crippen molar-refractivity contribution in [1.82, 2.24) is 5.32 Å². The van der Waals surface area contributed by atoms with Crippen molar-refractivity contribution in [1.29, 1.82) is 0 Å². The molecule has 7 heteroatoms. The molecule has 4 nitrogen and oxygen atoms in total. The highest BCUT2D eigenvalue weighted by atomic mass is 19.4. The number of alkyl halides is 3. The van der Waals surface area contributed by atoms with Crippen LogP contribution in [0, 0.1) is 0 Å². The summed E-state index contributed by atoms with van der Waals surface area (Å²) in [6.07, 6.45) is -4.38. The molecule has 0 saturated carbocycles. The highest BCUT2D eigenvalue weighted by Crippen LogP contribution is 2.30. The van der Waals surface area contributed by atoms with Gasteiger partial charge in [0.2, 0.25) is 0 Å². The summed E-state index contributed by atoms with van der Waals surface area (Å²) in [4.78, 5) is 22.0. The maximum atomic E-state index is 12.5. The van der Waals surface area contributed by atoms with Gasteiger partial charge in [-0.1, -0.05) is 24.3 Å². The van der Waals surface area contributed by atoms with Crippen LogP contribution in [-0.2, 0) is 11.0 Å².